The number of hydrogen-bond acceptors (Lipinski definition) is 4. The SMILES string of the molecule is Fc1c(F)c2c3n[te]nc3c(F)c(F)c2c2n[te]nc12. The topological polar surface area (TPSA) is 51.6 Å². The fourth-order valence-corrected chi connectivity index (χ4v) is 5.22. The molecule has 20 heavy (non-hydrogen) atoms. The second kappa shape index (κ2) is 4.35. The Bertz CT molecular complexity index is 927. The molecule has 0 N–H and O–H groups in total. The molecule has 0 aliphatic carbocycles. The van der Waals surface area contributed by atoms with Gasteiger partial charge in [-0.1, -0.05) is 0 Å². The molecule has 0 atom stereocenters. The van der Waals surface area contributed by atoms with Crippen molar-refractivity contribution in [2.24, 2.45) is 0 Å². The average Bonchev–Trinajstić information content (AvgIpc) is 3.08. The van der Waals surface area contributed by atoms with E-state index in [-0.39, 0.29) is 32.8 Å². The van der Waals surface area contributed by atoms with Crippen molar-refractivity contribution in [1.29, 1.82) is 0 Å². The van der Waals surface area contributed by atoms with Gasteiger partial charge in [-0.05, 0) is 0 Å². The standard InChI is InChI=1S/C10F4N4Te2/c11-3-1-2(8-10(5(3)13)18-20-16-8)4(12)6(14)9-7(1)15-19-17-9. The third-order valence-corrected chi connectivity index (χ3v) is 5.96. The summed E-state index contributed by atoms with van der Waals surface area (Å²) >= 11 is -2.58. The van der Waals surface area contributed by atoms with Crippen molar-refractivity contribution in [2.45, 2.75) is 0 Å². The maximum absolute atomic E-state index is 14.2. The summed E-state index contributed by atoms with van der Waals surface area (Å²) in [6.45, 7) is 0. The molecule has 100 valence electrons. The van der Waals surface area contributed by atoms with Gasteiger partial charge in [-0.3, -0.25) is 0 Å². The molecule has 10 heteroatoms. The first-order valence-corrected chi connectivity index (χ1v) is 9.30. The van der Waals surface area contributed by atoms with Crippen molar-refractivity contribution in [1.82, 2.24) is 12.8 Å². The van der Waals surface area contributed by atoms with Crippen LogP contribution in [-0.4, -0.2) is 54.8 Å². The van der Waals surface area contributed by atoms with Crippen molar-refractivity contribution in [3.8, 4) is 0 Å². The molecule has 0 bridgehead atoms. The summed E-state index contributed by atoms with van der Waals surface area (Å²) in [6, 6.07) is 0. The first-order valence-electron chi connectivity index (χ1n) is 5.13. The molecule has 2 aromatic carbocycles. The number of fused-ring (bicyclic) bond motifs is 5. The van der Waals surface area contributed by atoms with Crippen LogP contribution in [0.3, 0.4) is 0 Å². The Balaban J connectivity index is 2.49. The van der Waals surface area contributed by atoms with E-state index in [2.05, 4.69) is 12.8 Å². The van der Waals surface area contributed by atoms with E-state index in [4.69, 9.17) is 0 Å². The second-order valence-corrected chi connectivity index (χ2v) is 6.95. The normalized spacial score (nSPS) is 12.0. The van der Waals surface area contributed by atoms with Crippen LogP contribution in [0.1, 0.15) is 0 Å². The van der Waals surface area contributed by atoms with E-state index < -0.39 is 65.3 Å². The third kappa shape index (κ3) is 1.48. The van der Waals surface area contributed by atoms with E-state index in [9.17, 15) is 17.6 Å². The molecule has 0 saturated carbocycles. The molecule has 0 aliphatic heterocycles. The van der Waals surface area contributed by atoms with Crippen molar-refractivity contribution in [3.05, 3.63) is 23.3 Å². The number of hydrogen-bond donors (Lipinski definition) is 0. The molecule has 0 spiro atoms. The Hall–Kier alpha value is -0.801. The molecule has 4 rings (SSSR count). The molecule has 2 heterocycles. The third-order valence-electron chi connectivity index (χ3n) is 2.94. The van der Waals surface area contributed by atoms with Crippen LogP contribution < -0.4 is 0 Å². The van der Waals surface area contributed by atoms with Gasteiger partial charge in [-0.15, -0.1) is 0 Å². The van der Waals surface area contributed by atoms with E-state index in [1.165, 1.54) is 0 Å². The van der Waals surface area contributed by atoms with E-state index >= 15 is 0 Å². The Morgan fingerprint density at radius 3 is 1.25 bits per heavy atom. The summed E-state index contributed by atoms with van der Waals surface area (Å²) in [5.74, 6) is -4.91. The van der Waals surface area contributed by atoms with E-state index in [1.807, 2.05) is 0 Å². The van der Waals surface area contributed by atoms with Gasteiger partial charge in [-0.25, -0.2) is 0 Å². The number of nitrogens with zero attached hydrogens (tertiary/aromatic N) is 4. The van der Waals surface area contributed by atoms with Crippen LogP contribution in [0, 0.1) is 23.3 Å². The van der Waals surface area contributed by atoms with Crippen LogP contribution in [0.4, 0.5) is 17.6 Å². The van der Waals surface area contributed by atoms with Gasteiger partial charge in [0.15, 0.2) is 0 Å². The molecule has 0 amide bonds. The van der Waals surface area contributed by atoms with Crippen LogP contribution in [0.5, 0.6) is 0 Å². The molecular weight excluding hydrogens is 507 g/mol. The van der Waals surface area contributed by atoms with Gasteiger partial charge in [0.05, 0.1) is 0 Å². The Kier molecular flexibility index (Phi) is 2.80. The minimum absolute atomic E-state index is 0.108. The molecule has 0 saturated heterocycles. The van der Waals surface area contributed by atoms with Crippen LogP contribution in [0.25, 0.3) is 32.8 Å². The number of aromatic nitrogens is 4. The summed E-state index contributed by atoms with van der Waals surface area (Å²) in [6.07, 6.45) is 0. The Morgan fingerprint density at radius 1 is 0.500 bits per heavy atom. The van der Waals surface area contributed by atoms with Gasteiger partial charge in [0.25, 0.3) is 0 Å². The van der Waals surface area contributed by atoms with Gasteiger partial charge >= 0.3 is 128 Å². The van der Waals surface area contributed by atoms with Crippen molar-refractivity contribution >= 4 is 74.8 Å². The van der Waals surface area contributed by atoms with Gasteiger partial charge in [0.1, 0.15) is 0 Å². The monoisotopic (exact) mass is 512 g/mol. The maximum atomic E-state index is 14.2. The predicted molar refractivity (Wildman–Crippen MR) is 63.9 cm³/mol. The Labute approximate surface area is 128 Å². The molecular formula is C10F4N4Te2. The van der Waals surface area contributed by atoms with Gasteiger partial charge in [0.2, 0.25) is 0 Å². The number of rotatable bonds is 0. The summed E-state index contributed by atoms with van der Waals surface area (Å²) in [5.41, 5.74) is -0.851. The fourth-order valence-electron chi connectivity index (χ4n) is 2.08. The van der Waals surface area contributed by atoms with Crippen molar-refractivity contribution in [3.63, 3.8) is 0 Å². The van der Waals surface area contributed by atoms with Crippen LogP contribution in [0.2, 0.25) is 0 Å². The van der Waals surface area contributed by atoms with E-state index in [0.29, 0.717) is 0 Å². The van der Waals surface area contributed by atoms with Crippen molar-refractivity contribution < 1.29 is 17.6 Å². The zero-order valence-corrected chi connectivity index (χ0v) is 13.8. The van der Waals surface area contributed by atoms with Crippen LogP contribution in [-0.2, 0) is 0 Å². The summed E-state index contributed by atoms with van der Waals surface area (Å²) < 4.78 is 71.7. The van der Waals surface area contributed by atoms with Crippen LogP contribution >= 0.6 is 0 Å². The average molecular weight is 507 g/mol. The molecule has 2 aromatic heterocycles. The summed E-state index contributed by atoms with van der Waals surface area (Å²) in [7, 11) is 0. The first-order chi connectivity index (χ1) is 9.61. The summed E-state index contributed by atoms with van der Waals surface area (Å²) in [4.78, 5) is 0. The molecule has 0 radical (unpaired) electrons. The zero-order valence-electron chi connectivity index (χ0n) is 9.12. The zero-order chi connectivity index (χ0) is 14.0. The Morgan fingerprint density at radius 2 is 0.850 bits per heavy atom. The summed E-state index contributed by atoms with van der Waals surface area (Å²) in [5, 5.41) is -0.760. The first kappa shape index (κ1) is 12.9. The molecule has 4 aromatic rings. The number of halogens is 4. The van der Waals surface area contributed by atoms with E-state index in [1.54, 1.807) is 0 Å². The van der Waals surface area contributed by atoms with Gasteiger partial charge in [-0.2, -0.15) is 0 Å². The van der Waals surface area contributed by atoms with Crippen LogP contribution in [0.15, 0.2) is 0 Å². The van der Waals surface area contributed by atoms with E-state index in [0.717, 1.165) is 0 Å². The second-order valence-electron chi connectivity index (χ2n) is 3.93. The fraction of sp³-hybridized carbons (Fsp3) is 0. The van der Waals surface area contributed by atoms with Gasteiger partial charge in [0, 0.05) is 0 Å². The molecule has 4 nitrogen and oxygen atoms in total. The van der Waals surface area contributed by atoms with Crippen molar-refractivity contribution in [2.75, 3.05) is 0 Å². The molecule has 0 aliphatic rings. The number of benzene rings is 2. The predicted octanol–water partition coefficient (Wildman–Crippen LogP) is 1.40. The van der Waals surface area contributed by atoms with Gasteiger partial charge < -0.3 is 0 Å². The minimum atomic E-state index is -1.29. The quantitative estimate of drug-likeness (QED) is 0.267. The molecule has 0 unspecified atom stereocenters. The molecule has 0 fully saturated rings.